The van der Waals surface area contributed by atoms with Crippen LogP contribution in [0, 0.1) is 24.5 Å². The summed E-state index contributed by atoms with van der Waals surface area (Å²) in [6.45, 7) is 8.80. The summed E-state index contributed by atoms with van der Waals surface area (Å²) in [6.07, 6.45) is 8.56. The number of fused-ring (bicyclic) bond motifs is 4. The van der Waals surface area contributed by atoms with Crippen LogP contribution in [0.2, 0.25) is 0 Å². The maximum atomic E-state index is 6.48. The third-order valence-electron chi connectivity index (χ3n) is 8.16. The predicted octanol–water partition coefficient (Wildman–Crippen LogP) is 11.1. The molecule has 0 bridgehead atoms. The van der Waals surface area contributed by atoms with Gasteiger partial charge < -0.3 is 14.4 Å². The van der Waals surface area contributed by atoms with Crippen molar-refractivity contribution in [1.82, 2.24) is 15.0 Å². The normalized spacial score (nSPS) is 11.2. The van der Waals surface area contributed by atoms with Crippen molar-refractivity contribution >= 4 is 32.7 Å². The summed E-state index contributed by atoms with van der Waals surface area (Å²) < 4.78 is 6.48. The molecule has 0 atom stereocenters. The van der Waals surface area contributed by atoms with E-state index >= 15 is 0 Å². The molecule has 0 aliphatic heterocycles. The number of aryl methyl sites for hydroxylation is 1. The molecule has 0 fully saturated rings. The predicted molar refractivity (Wildman–Crippen MR) is 193 cm³/mol. The van der Waals surface area contributed by atoms with E-state index in [0.717, 1.165) is 72.8 Å². The van der Waals surface area contributed by atoms with Crippen LogP contribution in [0.25, 0.3) is 66.4 Å². The minimum atomic E-state index is 0. The second-order valence-corrected chi connectivity index (χ2v) is 13.1. The van der Waals surface area contributed by atoms with Crippen molar-refractivity contribution < 1.29 is 24.5 Å². The van der Waals surface area contributed by atoms with E-state index in [2.05, 4.69) is 122 Å². The quantitative estimate of drug-likeness (QED) is 0.166. The van der Waals surface area contributed by atoms with Crippen LogP contribution in [-0.4, -0.2) is 15.0 Å². The molecule has 0 aliphatic rings. The van der Waals surface area contributed by atoms with Crippen LogP contribution in [0.3, 0.4) is 0 Å². The molecule has 0 amide bonds. The van der Waals surface area contributed by atoms with Crippen molar-refractivity contribution in [2.75, 3.05) is 0 Å². The molecule has 48 heavy (non-hydrogen) atoms. The van der Waals surface area contributed by atoms with Crippen LogP contribution in [0.5, 0.6) is 0 Å². The van der Waals surface area contributed by atoms with Gasteiger partial charge in [0.05, 0.1) is 5.58 Å². The zero-order chi connectivity index (χ0) is 32.4. The number of pyridine rings is 3. The van der Waals surface area contributed by atoms with Gasteiger partial charge in [-0.1, -0.05) is 99.3 Å². The Morgan fingerprint density at radius 2 is 1.50 bits per heavy atom. The summed E-state index contributed by atoms with van der Waals surface area (Å²) in [5.41, 5.74) is 10.5. The first kappa shape index (κ1) is 33.0. The molecule has 8 rings (SSSR count). The minimum absolute atomic E-state index is 0. The number of aromatic nitrogens is 3. The Bertz CT molecular complexity index is 2300. The number of rotatable bonds is 4. The Hall–Kier alpha value is -4.96. The first-order chi connectivity index (χ1) is 22.8. The summed E-state index contributed by atoms with van der Waals surface area (Å²) >= 11 is 0. The van der Waals surface area contributed by atoms with Crippen LogP contribution >= 0.6 is 0 Å². The van der Waals surface area contributed by atoms with Gasteiger partial charge in [-0.25, -0.2) is 0 Å². The van der Waals surface area contributed by atoms with Gasteiger partial charge >= 0.3 is 0 Å². The average Bonchev–Trinajstić information content (AvgIpc) is 3.48. The molecule has 5 heteroatoms. The van der Waals surface area contributed by atoms with Crippen molar-refractivity contribution in [2.24, 2.45) is 5.41 Å². The van der Waals surface area contributed by atoms with E-state index < -0.39 is 0 Å². The third-order valence-corrected chi connectivity index (χ3v) is 8.16. The van der Waals surface area contributed by atoms with Crippen LogP contribution in [0.15, 0.2) is 132 Å². The van der Waals surface area contributed by atoms with E-state index in [0.29, 0.717) is 5.41 Å². The molecule has 4 aromatic carbocycles. The molecular formula is C43H35IrN3O-2. The van der Waals surface area contributed by atoms with Gasteiger partial charge in [0.2, 0.25) is 0 Å². The van der Waals surface area contributed by atoms with Crippen LogP contribution in [-0.2, 0) is 26.5 Å². The summed E-state index contributed by atoms with van der Waals surface area (Å²) in [5, 5.41) is 4.43. The molecule has 0 saturated heterocycles. The second-order valence-electron chi connectivity index (χ2n) is 13.1. The van der Waals surface area contributed by atoms with Crippen molar-refractivity contribution in [3.63, 3.8) is 0 Å². The van der Waals surface area contributed by atoms with E-state index in [4.69, 9.17) is 4.42 Å². The summed E-state index contributed by atoms with van der Waals surface area (Å²) in [7, 11) is 0. The fraction of sp³-hybridized carbons (Fsp3) is 0.140. The standard InChI is InChI=1S/C26H15N2O.C17H20N.Ir/c1-2-14-28-24(12-1)22-11-5-10-21-20-9-4-8-19(25(20)29-26(21)22)18-7-3-6-17-13-15-27-16-23(17)18;1-13-5-8-15(9-6-13)16-10-7-14(12-18-16)11-17(2,3)4;/h1-10,12-16H;5-8,10,12H,11H2,1-4H3;/q2*-1;. The van der Waals surface area contributed by atoms with Gasteiger partial charge in [-0.2, -0.15) is 0 Å². The summed E-state index contributed by atoms with van der Waals surface area (Å²) in [4.78, 5) is 13.4. The molecule has 0 saturated carbocycles. The van der Waals surface area contributed by atoms with E-state index in [1.54, 1.807) is 6.20 Å². The molecule has 4 aromatic heterocycles. The Balaban J connectivity index is 0.000000183. The van der Waals surface area contributed by atoms with Gasteiger partial charge in [-0.3, -0.25) is 4.98 Å². The Morgan fingerprint density at radius 3 is 2.25 bits per heavy atom. The maximum absolute atomic E-state index is 6.48. The van der Waals surface area contributed by atoms with E-state index in [-0.39, 0.29) is 20.1 Å². The zero-order valence-corrected chi connectivity index (χ0v) is 29.8. The third kappa shape index (κ3) is 6.99. The molecule has 4 heterocycles. The van der Waals surface area contributed by atoms with E-state index in [1.165, 1.54) is 11.1 Å². The maximum Gasteiger partial charge on any atom is 0.128 e. The molecule has 239 valence electrons. The monoisotopic (exact) mass is 802 g/mol. The van der Waals surface area contributed by atoms with Crippen molar-refractivity contribution in [1.29, 1.82) is 0 Å². The summed E-state index contributed by atoms with van der Waals surface area (Å²) in [5.74, 6) is 0. The first-order valence-electron chi connectivity index (χ1n) is 15.9. The first-order valence-corrected chi connectivity index (χ1v) is 15.9. The van der Waals surface area contributed by atoms with E-state index in [9.17, 15) is 0 Å². The molecule has 0 spiro atoms. The second kappa shape index (κ2) is 14.0. The SMILES string of the molecule is Cc1c[c-]c(-c2ccc(CC(C)(C)C)cn2)cc1.[Ir].[c-]1ccc2c(oc3c(-c4cccc5ccncc45)cccc32)c1-c1ccccn1. The molecule has 1 radical (unpaired) electrons. The van der Waals surface area contributed by atoms with Gasteiger partial charge in [0.15, 0.2) is 0 Å². The van der Waals surface area contributed by atoms with Gasteiger partial charge in [0.1, 0.15) is 5.58 Å². The number of benzene rings is 4. The zero-order valence-electron chi connectivity index (χ0n) is 27.4. The van der Waals surface area contributed by atoms with Crippen molar-refractivity contribution in [3.8, 4) is 33.6 Å². The number of nitrogens with zero attached hydrogens (tertiary/aromatic N) is 3. The Labute approximate surface area is 295 Å². The molecule has 0 aliphatic carbocycles. The van der Waals surface area contributed by atoms with Crippen LogP contribution in [0.4, 0.5) is 0 Å². The van der Waals surface area contributed by atoms with Crippen molar-refractivity contribution in [2.45, 2.75) is 34.1 Å². The molecule has 0 N–H and O–H groups in total. The molecule has 0 unspecified atom stereocenters. The van der Waals surface area contributed by atoms with Crippen LogP contribution in [0.1, 0.15) is 31.9 Å². The Morgan fingerprint density at radius 1 is 0.667 bits per heavy atom. The van der Waals surface area contributed by atoms with Gasteiger partial charge in [-0.15, -0.1) is 53.6 Å². The van der Waals surface area contributed by atoms with Gasteiger partial charge in [0.25, 0.3) is 0 Å². The fourth-order valence-corrected chi connectivity index (χ4v) is 5.99. The van der Waals surface area contributed by atoms with Gasteiger partial charge in [-0.05, 0) is 51.9 Å². The number of hydrogen-bond acceptors (Lipinski definition) is 4. The molecular weight excluding hydrogens is 767 g/mol. The van der Waals surface area contributed by atoms with Gasteiger partial charge in [0, 0.05) is 61.2 Å². The fourth-order valence-electron chi connectivity index (χ4n) is 5.99. The van der Waals surface area contributed by atoms with Crippen LogP contribution < -0.4 is 0 Å². The molecule has 8 aromatic rings. The topological polar surface area (TPSA) is 51.8 Å². The number of furan rings is 1. The molecule has 4 nitrogen and oxygen atoms in total. The van der Waals surface area contributed by atoms with E-state index in [1.807, 2.05) is 55.0 Å². The largest absolute Gasteiger partial charge is 0.500 e. The smallest absolute Gasteiger partial charge is 0.128 e. The average molecular weight is 802 g/mol. The van der Waals surface area contributed by atoms with Crippen molar-refractivity contribution in [3.05, 3.63) is 151 Å². The summed E-state index contributed by atoms with van der Waals surface area (Å²) in [6, 6.07) is 41.5. The minimum Gasteiger partial charge on any atom is -0.500 e. The number of para-hydroxylation sites is 1. The Kier molecular flexibility index (Phi) is 9.63. The number of hydrogen-bond donors (Lipinski definition) is 0.